The standard InChI is InChI=1S/C16H20Si/c1-13(14-8-6-5-7-9-14)15-10-11-16(12-15)17(2,3)4/h5-12,15H,1H2,2-4H3. The van der Waals surface area contributed by atoms with Gasteiger partial charge in [-0.2, -0.15) is 0 Å². The maximum absolute atomic E-state index is 4.24. The van der Waals surface area contributed by atoms with Gasteiger partial charge in [0.05, 0.1) is 8.07 Å². The number of benzene rings is 1. The molecule has 1 aromatic carbocycles. The van der Waals surface area contributed by atoms with Gasteiger partial charge in [0.2, 0.25) is 0 Å². The summed E-state index contributed by atoms with van der Waals surface area (Å²) in [6, 6.07) is 10.5. The van der Waals surface area contributed by atoms with Gasteiger partial charge in [-0.1, -0.05) is 80.0 Å². The lowest BCUT2D eigenvalue weighted by Crippen LogP contribution is -2.21. The van der Waals surface area contributed by atoms with E-state index < -0.39 is 8.07 Å². The summed E-state index contributed by atoms with van der Waals surface area (Å²) in [6.45, 7) is 11.4. The van der Waals surface area contributed by atoms with Gasteiger partial charge in [0.1, 0.15) is 0 Å². The SMILES string of the molecule is C=C(c1ccccc1)C1C=CC([Si](C)(C)C)=C1. The normalized spacial score (nSPS) is 19.2. The second-order valence-electron chi connectivity index (χ2n) is 5.65. The second kappa shape index (κ2) is 4.50. The highest BCUT2D eigenvalue weighted by atomic mass is 28.3. The maximum atomic E-state index is 4.24. The number of allylic oxidation sites excluding steroid dienone is 5. The average Bonchev–Trinajstić information content (AvgIpc) is 2.78. The summed E-state index contributed by atoms with van der Waals surface area (Å²) < 4.78 is 0. The fourth-order valence-corrected chi connectivity index (χ4v) is 3.35. The first-order valence-electron chi connectivity index (χ1n) is 6.13. The smallest absolute Gasteiger partial charge is 0.0772 e. The van der Waals surface area contributed by atoms with E-state index in [1.54, 1.807) is 5.20 Å². The van der Waals surface area contributed by atoms with E-state index in [1.807, 2.05) is 6.07 Å². The van der Waals surface area contributed by atoms with E-state index in [1.165, 1.54) is 11.1 Å². The van der Waals surface area contributed by atoms with E-state index in [-0.39, 0.29) is 0 Å². The lowest BCUT2D eigenvalue weighted by molar-refractivity contribution is 1.12. The third-order valence-corrected chi connectivity index (χ3v) is 5.32. The zero-order chi connectivity index (χ0) is 12.5. The van der Waals surface area contributed by atoms with E-state index in [0.717, 1.165) is 0 Å². The Labute approximate surface area is 105 Å². The minimum absolute atomic E-state index is 0.388. The molecule has 88 valence electrons. The highest BCUT2D eigenvalue weighted by molar-refractivity contribution is 6.83. The molecule has 1 aliphatic rings. The number of hydrogen-bond donors (Lipinski definition) is 0. The molecule has 0 spiro atoms. The first kappa shape index (κ1) is 12.1. The lowest BCUT2D eigenvalue weighted by atomic mass is 9.95. The van der Waals surface area contributed by atoms with E-state index in [4.69, 9.17) is 0 Å². The molecule has 17 heavy (non-hydrogen) atoms. The maximum Gasteiger partial charge on any atom is 0.0772 e. The van der Waals surface area contributed by atoms with Gasteiger partial charge >= 0.3 is 0 Å². The third kappa shape index (κ3) is 2.67. The zero-order valence-corrected chi connectivity index (χ0v) is 11.9. The predicted octanol–water partition coefficient (Wildman–Crippen LogP) is 4.69. The Bertz CT molecular complexity index is 472. The quantitative estimate of drug-likeness (QED) is 0.672. The van der Waals surface area contributed by atoms with Crippen molar-refractivity contribution >= 4 is 13.6 Å². The van der Waals surface area contributed by atoms with Crippen molar-refractivity contribution in [3.63, 3.8) is 0 Å². The van der Waals surface area contributed by atoms with Crippen molar-refractivity contribution in [1.82, 2.24) is 0 Å². The van der Waals surface area contributed by atoms with Crippen LogP contribution in [0.3, 0.4) is 0 Å². The molecule has 0 amide bonds. The Balaban J connectivity index is 2.20. The molecule has 1 aromatic rings. The Hall–Kier alpha value is -1.34. The molecule has 0 heterocycles. The molecular weight excluding hydrogens is 220 g/mol. The molecule has 1 unspecified atom stereocenters. The van der Waals surface area contributed by atoms with Crippen LogP contribution in [0, 0.1) is 5.92 Å². The Morgan fingerprint density at radius 3 is 2.29 bits per heavy atom. The molecular formula is C16H20Si. The predicted molar refractivity (Wildman–Crippen MR) is 79.5 cm³/mol. The summed E-state index contributed by atoms with van der Waals surface area (Å²) in [5.74, 6) is 0.388. The molecule has 0 N–H and O–H groups in total. The molecule has 2 rings (SSSR count). The third-order valence-electron chi connectivity index (χ3n) is 3.26. The highest BCUT2D eigenvalue weighted by Crippen LogP contribution is 2.32. The van der Waals surface area contributed by atoms with Crippen LogP contribution < -0.4 is 0 Å². The van der Waals surface area contributed by atoms with Gasteiger partial charge in [-0.05, 0) is 11.1 Å². The molecule has 1 aliphatic carbocycles. The summed E-state index contributed by atoms with van der Waals surface area (Å²) in [6.07, 6.45) is 6.97. The zero-order valence-electron chi connectivity index (χ0n) is 10.9. The average molecular weight is 240 g/mol. The van der Waals surface area contributed by atoms with Crippen molar-refractivity contribution in [2.45, 2.75) is 19.6 Å². The molecule has 0 saturated carbocycles. The molecule has 0 aromatic heterocycles. The topological polar surface area (TPSA) is 0 Å². The Kier molecular flexibility index (Phi) is 3.21. The van der Waals surface area contributed by atoms with Crippen LogP contribution in [-0.2, 0) is 0 Å². The van der Waals surface area contributed by atoms with Gasteiger partial charge in [-0.25, -0.2) is 0 Å². The summed E-state index contributed by atoms with van der Waals surface area (Å²) in [5.41, 5.74) is 2.45. The van der Waals surface area contributed by atoms with Crippen LogP contribution in [0.25, 0.3) is 5.57 Å². The van der Waals surface area contributed by atoms with Gasteiger partial charge in [-0.15, -0.1) is 0 Å². The largest absolute Gasteiger partial charge is 0.0943 e. The van der Waals surface area contributed by atoms with Crippen molar-refractivity contribution in [2.24, 2.45) is 5.92 Å². The summed E-state index contributed by atoms with van der Waals surface area (Å²) in [7, 11) is -1.18. The molecule has 0 nitrogen and oxygen atoms in total. The van der Waals surface area contributed by atoms with Gasteiger partial charge in [0.15, 0.2) is 0 Å². The van der Waals surface area contributed by atoms with Crippen LogP contribution in [0.15, 0.2) is 60.3 Å². The van der Waals surface area contributed by atoms with Crippen LogP contribution >= 0.6 is 0 Å². The van der Waals surface area contributed by atoms with Crippen molar-refractivity contribution in [1.29, 1.82) is 0 Å². The van der Waals surface area contributed by atoms with Crippen LogP contribution in [0.2, 0.25) is 19.6 Å². The fraction of sp³-hybridized carbons (Fsp3) is 0.250. The summed E-state index contributed by atoms with van der Waals surface area (Å²) in [5, 5.41) is 1.54. The molecule has 0 radical (unpaired) electrons. The molecule has 0 bridgehead atoms. The van der Waals surface area contributed by atoms with E-state index in [9.17, 15) is 0 Å². The second-order valence-corrected chi connectivity index (χ2v) is 10.7. The van der Waals surface area contributed by atoms with E-state index in [0.29, 0.717) is 5.92 Å². The fourth-order valence-electron chi connectivity index (χ4n) is 2.07. The van der Waals surface area contributed by atoms with Gasteiger partial charge in [0.25, 0.3) is 0 Å². The molecule has 1 heteroatoms. The van der Waals surface area contributed by atoms with E-state index >= 15 is 0 Å². The first-order valence-corrected chi connectivity index (χ1v) is 9.63. The van der Waals surface area contributed by atoms with Crippen LogP contribution in [0.5, 0.6) is 0 Å². The summed E-state index contributed by atoms with van der Waals surface area (Å²) in [4.78, 5) is 0. The first-order chi connectivity index (χ1) is 7.98. The molecule has 1 atom stereocenters. The number of rotatable bonds is 3. The minimum Gasteiger partial charge on any atom is -0.0943 e. The van der Waals surface area contributed by atoms with Crippen LogP contribution in [0.4, 0.5) is 0 Å². The van der Waals surface area contributed by atoms with E-state index in [2.05, 4.69) is 68.7 Å². The van der Waals surface area contributed by atoms with Gasteiger partial charge < -0.3 is 0 Å². The number of hydrogen-bond acceptors (Lipinski definition) is 0. The van der Waals surface area contributed by atoms with Gasteiger partial charge in [-0.3, -0.25) is 0 Å². The lowest BCUT2D eigenvalue weighted by Gasteiger charge is -2.16. The Morgan fingerprint density at radius 1 is 1.12 bits per heavy atom. The van der Waals surface area contributed by atoms with Crippen molar-refractivity contribution in [3.05, 3.63) is 65.9 Å². The molecule has 0 aliphatic heterocycles. The summed E-state index contributed by atoms with van der Waals surface area (Å²) >= 11 is 0. The minimum atomic E-state index is -1.18. The van der Waals surface area contributed by atoms with Gasteiger partial charge in [0, 0.05) is 5.92 Å². The van der Waals surface area contributed by atoms with Crippen molar-refractivity contribution in [2.75, 3.05) is 0 Å². The monoisotopic (exact) mass is 240 g/mol. The van der Waals surface area contributed by atoms with Crippen molar-refractivity contribution < 1.29 is 0 Å². The Morgan fingerprint density at radius 2 is 1.76 bits per heavy atom. The van der Waals surface area contributed by atoms with Crippen LogP contribution in [0.1, 0.15) is 5.56 Å². The molecule has 0 saturated heterocycles. The molecule has 0 fully saturated rings. The highest BCUT2D eigenvalue weighted by Gasteiger charge is 2.23. The van der Waals surface area contributed by atoms with Crippen molar-refractivity contribution in [3.8, 4) is 0 Å². The van der Waals surface area contributed by atoms with Crippen LogP contribution in [-0.4, -0.2) is 8.07 Å².